The van der Waals surface area contributed by atoms with Crippen molar-refractivity contribution in [3.05, 3.63) is 48.6 Å². The highest BCUT2D eigenvalue weighted by Gasteiger charge is 2.31. The Labute approximate surface area is 118 Å². The van der Waals surface area contributed by atoms with Crippen LogP contribution in [0.2, 0.25) is 0 Å². The number of benzene rings is 1. The van der Waals surface area contributed by atoms with E-state index in [1.807, 2.05) is 12.1 Å². The minimum absolute atomic E-state index is 0.232. The third-order valence-corrected chi connectivity index (χ3v) is 3.77. The van der Waals surface area contributed by atoms with Gasteiger partial charge in [0.25, 0.3) is 0 Å². The number of likely N-dealkylation sites (N-methyl/N-ethyl adjacent to an activating group) is 1. The molecular formula is C17H28NO+. The van der Waals surface area contributed by atoms with Gasteiger partial charge in [0, 0.05) is 12.0 Å². The Morgan fingerprint density at radius 3 is 2.37 bits per heavy atom. The molecule has 0 radical (unpaired) electrons. The van der Waals surface area contributed by atoms with E-state index in [1.54, 1.807) is 0 Å². The van der Waals surface area contributed by atoms with Crippen LogP contribution in [0.1, 0.15) is 25.8 Å². The monoisotopic (exact) mass is 262 g/mol. The minimum atomic E-state index is 0.232. The second kappa shape index (κ2) is 7.46. The molecule has 2 heteroatoms. The van der Waals surface area contributed by atoms with Gasteiger partial charge in [-0.1, -0.05) is 50.8 Å². The van der Waals surface area contributed by atoms with Crippen molar-refractivity contribution in [2.45, 2.75) is 32.9 Å². The van der Waals surface area contributed by atoms with Crippen LogP contribution in [0.3, 0.4) is 0 Å². The van der Waals surface area contributed by atoms with E-state index < -0.39 is 0 Å². The summed E-state index contributed by atoms with van der Waals surface area (Å²) in [4.78, 5) is 0. The normalized spacial score (nSPS) is 16.1. The molecule has 0 heterocycles. The van der Waals surface area contributed by atoms with Crippen LogP contribution in [0, 0.1) is 5.92 Å². The maximum atomic E-state index is 9.77. The van der Waals surface area contributed by atoms with Crippen molar-refractivity contribution in [1.82, 2.24) is 0 Å². The molecule has 1 N–H and O–H groups in total. The van der Waals surface area contributed by atoms with Crippen molar-refractivity contribution in [1.29, 1.82) is 0 Å². The van der Waals surface area contributed by atoms with E-state index in [-0.39, 0.29) is 12.6 Å². The number of quaternary nitrogens is 1. The minimum Gasteiger partial charge on any atom is -0.390 e. The fourth-order valence-corrected chi connectivity index (χ4v) is 2.71. The van der Waals surface area contributed by atoms with Crippen LogP contribution in [-0.4, -0.2) is 35.8 Å². The third-order valence-electron chi connectivity index (χ3n) is 3.77. The number of hydrogen-bond acceptors (Lipinski definition) is 1. The molecule has 0 aliphatic carbocycles. The zero-order valence-corrected chi connectivity index (χ0v) is 12.5. The summed E-state index contributed by atoms with van der Waals surface area (Å²) in [7, 11) is 2.22. The lowest BCUT2D eigenvalue weighted by Crippen LogP contribution is -2.53. The van der Waals surface area contributed by atoms with Crippen LogP contribution in [0.4, 0.5) is 0 Å². The number of rotatable bonds is 8. The number of hydrogen-bond donors (Lipinski definition) is 1. The van der Waals surface area contributed by atoms with Crippen molar-refractivity contribution in [3.63, 3.8) is 0 Å². The Hall–Kier alpha value is -1.12. The van der Waals surface area contributed by atoms with Crippen LogP contribution < -0.4 is 0 Å². The molecule has 0 fully saturated rings. The molecule has 0 aromatic heterocycles. The predicted octanol–water partition coefficient (Wildman–Crippen LogP) is 3.23. The highest BCUT2D eigenvalue weighted by molar-refractivity contribution is 5.13. The van der Waals surface area contributed by atoms with Gasteiger partial charge in [-0.25, -0.2) is 0 Å². The molecule has 1 aromatic rings. The molecule has 19 heavy (non-hydrogen) atoms. The van der Waals surface area contributed by atoms with Gasteiger partial charge >= 0.3 is 0 Å². The maximum absolute atomic E-state index is 9.77. The second-order valence-electron chi connectivity index (χ2n) is 6.06. The SMILES string of the molecule is C=CC[N@+](C)(Cc1ccccc1)[C@H](CO)CC(C)C. The van der Waals surface area contributed by atoms with Gasteiger partial charge in [0.15, 0.2) is 0 Å². The Bertz CT molecular complexity index is 374. The molecule has 0 bridgehead atoms. The first-order valence-electron chi connectivity index (χ1n) is 7.11. The summed E-state index contributed by atoms with van der Waals surface area (Å²) < 4.78 is 0.822. The molecule has 2 atom stereocenters. The molecule has 0 aliphatic heterocycles. The summed E-state index contributed by atoms with van der Waals surface area (Å²) in [5, 5.41) is 9.77. The summed E-state index contributed by atoms with van der Waals surface area (Å²) in [5.41, 5.74) is 1.31. The molecule has 0 amide bonds. The Morgan fingerprint density at radius 1 is 1.26 bits per heavy atom. The van der Waals surface area contributed by atoms with Crippen molar-refractivity contribution >= 4 is 0 Å². The van der Waals surface area contributed by atoms with Gasteiger partial charge < -0.3 is 9.59 Å². The van der Waals surface area contributed by atoms with E-state index in [0.717, 1.165) is 24.0 Å². The first-order valence-corrected chi connectivity index (χ1v) is 7.11. The van der Waals surface area contributed by atoms with Gasteiger partial charge in [-0.05, 0) is 12.0 Å². The molecule has 106 valence electrons. The molecule has 2 nitrogen and oxygen atoms in total. The third kappa shape index (κ3) is 4.81. The van der Waals surface area contributed by atoms with Gasteiger partial charge in [0.05, 0.1) is 20.2 Å². The lowest BCUT2D eigenvalue weighted by Gasteiger charge is -2.41. The predicted molar refractivity (Wildman–Crippen MR) is 81.7 cm³/mol. The van der Waals surface area contributed by atoms with Gasteiger partial charge in [-0.2, -0.15) is 0 Å². The molecule has 0 unspecified atom stereocenters. The van der Waals surface area contributed by atoms with E-state index in [2.05, 4.69) is 51.7 Å². The average molecular weight is 262 g/mol. The smallest absolute Gasteiger partial charge is 0.113 e. The Morgan fingerprint density at radius 2 is 1.89 bits per heavy atom. The lowest BCUT2D eigenvalue weighted by molar-refractivity contribution is -0.942. The van der Waals surface area contributed by atoms with Gasteiger partial charge in [-0.3, -0.25) is 0 Å². The standard InChI is InChI=1S/C17H28NO/c1-5-11-18(4,17(14-19)12-15(2)3)13-16-9-7-6-8-10-16/h5-10,15,17,19H,1,11-14H2,2-4H3/q+1/t17-,18+/m0/s1. The van der Waals surface area contributed by atoms with E-state index in [1.165, 1.54) is 5.56 Å². The zero-order valence-electron chi connectivity index (χ0n) is 12.5. The molecule has 0 saturated heterocycles. The Balaban J connectivity index is 2.90. The number of aliphatic hydroxyl groups excluding tert-OH is 1. The van der Waals surface area contributed by atoms with Crippen LogP contribution in [0.25, 0.3) is 0 Å². The first kappa shape index (κ1) is 15.9. The number of aliphatic hydroxyl groups is 1. The van der Waals surface area contributed by atoms with Crippen LogP contribution >= 0.6 is 0 Å². The fraction of sp³-hybridized carbons (Fsp3) is 0.529. The molecule has 1 rings (SSSR count). The largest absolute Gasteiger partial charge is 0.390 e. The second-order valence-corrected chi connectivity index (χ2v) is 6.06. The summed E-state index contributed by atoms with van der Waals surface area (Å²) >= 11 is 0. The summed E-state index contributed by atoms with van der Waals surface area (Å²) in [6, 6.07) is 10.8. The summed E-state index contributed by atoms with van der Waals surface area (Å²) in [6.07, 6.45) is 3.00. The van der Waals surface area contributed by atoms with Crippen molar-refractivity contribution in [2.24, 2.45) is 5.92 Å². The molecule has 0 aliphatic rings. The topological polar surface area (TPSA) is 20.2 Å². The van der Waals surface area contributed by atoms with Crippen molar-refractivity contribution in [3.8, 4) is 0 Å². The van der Waals surface area contributed by atoms with Crippen LogP contribution in [0.15, 0.2) is 43.0 Å². The van der Waals surface area contributed by atoms with Crippen molar-refractivity contribution < 1.29 is 9.59 Å². The maximum Gasteiger partial charge on any atom is 0.113 e. The Kier molecular flexibility index (Phi) is 6.26. The van der Waals surface area contributed by atoms with E-state index in [4.69, 9.17) is 0 Å². The van der Waals surface area contributed by atoms with Gasteiger partial charge in [-0.15, -0.1) is 0 Å². The molecular weight excluding hydrogens is 234 g/mol. The van der Waals surface area contributed by atoms with E-state index in [9.17, 15) is 5.11 Å². The van der Waals surface area contributed by atoms with Crippen molar-refractivity contribution in [2.75, 3.05) is 20.2 Å². The molecule has 0 saturated carbocycles. The van der Waals surface area contributed by atoms with Crippen LogP contribution in [-0.2, 0) is 6.54 Å². The zero-order chi connectivity index (χ0) is 14.3. The average Bonchev–Trinajstić information content (AvgIpc) is 2.37. The molecule has 0 spiro atoms. The van der Waals surface area contributed by atoms with E-state index in [0.29, 0.717) is 5.92 Å². The first-order chi connectivity index (χ1) is 9.01. The lowest BCUT2D eigenvalue weighted by atomic mass is 10.00. The van der Waals surface area contributed by atoms with Crippen LogP contribution in [0.5, 0.6) is 0 Å². The van der Waals surface area contributed by atoms with Gasteiger partial charge in [0.2, 0.25) is 0 Å². The summed E-state index contributed by atoms with van der Waals surface area (Å²) in [6.45, 7) is 10.4. The molecule has 1 aromatic carbocycles. The number of nitrogens with zero attached hydrogens (tertiary/aromatic N) is 1. The summed E-state index contributed by atoms with van der Waals surface area (Å²) in [5.74, 6) is 0.593. The van der Waals surface area contributed by atoms with Gasteiger partial charge in [0.1, 0.15) is 12.6 Å². The highest BCUT2D eigenvalue weighted by Crippen LogP contribution is 2.22. The highest BCUT2D eigenvalue weighted by atomic mass is 16.3. The van der Waals surface area contributed by atoms with E-state index >= 15 is 0 Å². The fourth-order valence-electron chi connectivity index (χ4n) is 2.71. The quantitative estimate of drug-likeness (QED) is 0.563.